The van der Waals surface area contributed by atoms with Gasteiger partial charge in [-0.1, -0.05) is 6.07 Å². The Bertz CT molecular complexity index is 757. The van der Waals surface area contributed by atoms with Gasteiger partial charge in [0.05, 0.1) is 16.8 Å². The highest BCUT2D eigenvalue weighted by Crippen LogP contribution is 2.30. The van der Waals surface area contributed by atoms with Gasteiger partial charge in [0.15, 0.2) is 0 Å². The van der Waals surface area contributed by atoms with Crippen LogP contribution in [0.15, 0.2) is 29.1 Å². The zero-order chi connectivity index (χ0) is 14.9. The molecule has 0 saturated heterocycles. The summed E-state index contributed by atoms with van der Waals surface area (Å²) >= 11 is 3.47. The number of aromatic nitrogens is 3. The summed E-state index contributed by atoms with van der Waals surface area (Å²) in [6.07, 6.45) is 5.57. The number of nitrogens with one attached hydrogen (secondary N) is 1. The number of nitrogens with zero attached hydrogens (tertiary/aromatic N) is 3. The van der Waals surface area contributed by atoms with Gasteiger partial charge >= 0.3 is 0 Å². The molecule has 1 aliphatic carbocycles. The number of thiophene rings is 1. The van der Waals surface area contributed by atoms with Gasteiger partial charge in [-0.3, -0.25) is 4.68 Å². The molecule has 1 aliphatic rings. The Morgan fingerprint density at radius 2 is 2.36 bits per heavy atom. The molecule has 1 N–H and O–H groups in total. The van der Waals surface area contributed by atoms with Crippen LogP contribution in [0.25, 0.3) is 9.88 Å². The maximum atomic E-state index is 4.74. The van der Waals surface area contributed by atoms with E-state index in [0.717, 1.165) is 23.7 Å². The van der Waals surface area contributed by atoms with Crippen LogP contribution in [0.4, 0.5) is 0 Å². The van der Waals surface area contributed by atoms with Crippen LogP contribution in [0.2, 0.25) is 0 Å². The van der Waals surface area contributed by atoms with Crippen LogP contribution in [0.3, 0.4) is 0 Å². The van der Waals surface area contributed by atoms with Gasteiger partial charge in [0.2, 0.25) is 0 Å². The Kier molecular flexibility index (Phi) is 3.82. The third kappa shape index (κ3) is 2.62. The van der Waals surface area contributed by atoms with Gasteiger partial charge in [-0.15, -0.1) is 22.7 Å². The predicted octanol–water partition coefficient (Wildman–Crippen LogP) is 3.77. The van der Waals surface area contributed by atoms with Crippen molar-refractivity contribution in [3.8, 4) is 9.88 Å². The van der Waals surface area contributed by atoms with Gasteiger partial charge in [-0.25, -0.2) is 4.98 Å². The summed E-state index contributed by atoms with van der Waals surface area (Å²) in [4.78, 5) is 6.00. The molecule has 0 aromatic carbocycles. The van der Waals surface area contributed by atoms with Crippen molar-refractivity contribution < 1.29 is 0 Å². The molecular formula is C16H18N4S2. The van der Waals surface area contributed by atoms with Gasteiger partial charge in [-0.05, 0) is 30.7 Å². The minimum absolute atomic E-state index is 0.407. The minimum atomic E-state index is 0.407. The molecule has 3 heterocycles. The summed E-state index contributed by atoms with van der Waals surface area (Å²) in [5.74, 6) is 0. The number of thiazole rings is 1. The first-order valence-corrected chi connectivity index (χ1v) is 9.29. The second-order valence-corrected chi connectivity index (χ2v) is 7.42. The van der Waals surface area contributed by atoms with Gasteiger partial charge < -0.3 is 5.32 Å². The average molecular weight is 330 g/mol. The van der Waals surface area contributed by atoms with Gasteiger partial charge in [-0.2, -0.15) is 5.10 Å². The van der Waals surface area contributed by atoms with E-state index in [1.165, 1.54) is 29.0 Å². The van der Waals surface area contributed by atoms with Crippen LogP contribution in [-0.4, -0.2) is 14.8 Å². The number of hydrogen-bond acceptors (Lipinski definition) is 5. The van der Waals surface area contributed by atoms with Gasteiger partial charge in [0.1, 0.15) is 5.01 Å². The maximum Gasteiger partial charge on any atom is 0.133 e. The highest BCUT2D eigenvalue weighted by molar-refractivity contribution is 7.20. The lowest BCUT2D eigenvalue weighted by Gasteiger charge is -2.23. The fraction of sp³-hybridized carbons (Fsp3) is 0.375. The van der Waals surface area contributed by atoms with Crippen molar-refractivity contribution in [2.75, 3.05) is 0 Å². The Labute approximate surface area is 137 Å². The molecule has 114 valence electrons. The standard InChI is InChI=1S/C16H18N4S2/c1-20-14-5-2-4-13(12(14)9-18-20)17-8-11-10-22-16(19-11)15-6-3-7-21-15/h3,6-7,9-10,13,17H,2,4-5,8H2,1H3/t13-/m1/s1. The number of fused-ring (bicyclic) bond motifs is 1. The van der Waals surface area contributed by atoms with Crippen molar-refractivity contribution in [1.29, 1.82) is 0 Å². The monoisotopic (exact) mass is 330 g/mol. The van der Waals surface area contributed by atoms with Crippen molar-refractivity contribution >= 4 is 22.7 Å². The lowest BCUT2D eigenvalue weighted by Crippen LogP contribution is -2.25. The number of hydrogen-bond donors (Lipinski definition) is 1. The molecule has 3 aromatic heterocycles. The SMILES string of the molecule is Cn1ncc2c1CCC[C@H]2NCc1csc(-c2cccs2)n1. The average Bonchev–Trinajstić information content (AvgIpc) is 3.26. The molecule has 22 heavy (non-hydrogen) atoms. The molecule has 0 saturated carbocycles. The van der Waals surface area contributed by atoms with Crippen molar-refractivity contribution in [3.63, 3.8) is 0 Å². The minimum Gasteiger partial charge on any atom is -0.304 e. The highest BCUT2D eigenvalue weighted by Gasteiger charge is 2.23. The summed E-state index contributed by atoms with van der Waals surface area (Å²) in [5, 5.41) is 13.4. The van der Waals surface area contributed by atoms with Crippen LogP contribution < -0.4 is 5.32 Å². The quantitative estimate of drug-likeness (QED) is 0.792. The lowest BCUT2D eigenvalue weighted by atomic mass is 9.93. The largest absolute Gasteiger partial charge is 0.304 e. The third-order valence-corrected chi connectivity index (χ3v) is 6.12. The van der Waals surface area contributed by atoms with Crippen LogP contribution in [-0.2, 0) is 20.0 Å². The highest BCUT2D eigenvalue weighted by atomic mass is 32.1. The smallest absolute Gasteiger partial charge is 0.133 e. The molecule has 1 atom stereocenters. The molecule has 0 bridgehead atoms. The van der Waals surface area contributed by atoms with E-state index in [1.807, 2.05) is 17.9 Å². The molecule has 4 nitrogen and oxygen atoms in total. The van der Waals surface area contributed by atoms with Gasteiger partial charge in [0, 0.05) is 36.3 Å². The number of aryl methyl sites for hydroxylation is 1. The van der Waals surface area contributed by atoms with E-state index < -0.39 is 0 Å². The van der Waals surface area contributed by atoms with E-state index in [0.29, 0.717) is 6.04 Å². The Hall–Kier alpha value is -1.50. The molecular weight excluding hydrogens is 312 g/mol. The van der Waals surface area contributed by atoms with Gasteiger partial charge in [0.25, 0.3) is 0 Å². The second-order valence-electron chi connectivity index (χ2n) is 5.62. The molecule has 3 aromatic rings. The van der Waals surface area contributed by atoms with E-state index in [-0.39, 0.29) is 0 Å². The van der Waals surface area contributed by atoms with E-state index in [9.17, 15) is 0 Å². The first-order valence-electron chi connectivity index (χ1n) is 7.53. The summed E-state index contributed by atoms with van der Waals surface area (Å²) in [6, 6.07) is 4.61. The van der Waals surface area contributed by atoms with Crippen LogP contribution in [0.1, 0.15) is 35.8 Å². The Morgan fingerprint density at radius 3 is 3.23 bits per heavy atom. The van der Waals surface area contributed by atoms with Crippen molar-refractivity contribution in [3.05, 3.63) is 46.0 Å². The lowest BCUT2D eigenvalue weighted by molar-refractivity contribution is 0.450. The Balaban J connectivity index is 1.45. The number of rotatable bonds is 4. The first-order chi connectivity index (χ1) is 10.8. The molecule has 0 spiro atoms. The molecule has 6 heteroatoms. The van der Waals surface area contributed by atoms with Crippen LogP contribution in [0, 0.1) is 0 Å². The zero-order valence-corrected chi connectivity index (χ0v) is 14.1. The molecule has 0 unspecified atom stereocenters. The molecule has 0 radical (unpaired) electrons. The Morgan fingerprint density at radius 1 is 1.41 bits per heavy atom. The second kappa shape index (κ2) is 5.95. The van der Waals surface area contributed by atoms with Crippen molar-refractivity contribution in [1.82, 2.24) is 20.1 Å². The molecule has 0 amide bonds. The van der Waals surface area contributed by atoms with E-state index in [1.54, 1.807) is 22.7 Å². The van der Waals surface area contributed by atoms with Crippen molar-refractivity contribution in [2.45, 2.75) is 31.8 Å². The fourth-order valence-corrected chi connectivity index (χ4v) is 4.68. The summed E-state index contributed by atoms with van der Waals surface area (Å²) in [5.41, 5.74) is 3.87. The molecule has 0 fully saturated rings. The van der Waals surface area contributed by atoms with Crippen LogP contribution in [0.5, 0.6) is 0 Å². The topological polar surface area (TPSA) is 42.7 Å². The molecule has 4 rings (SSSR count). The van der Waals surface area contributed by atoms with E-state index in [4.69, 9.17) is 4.98 Å². The molecule has 0 aliphatic heterocycles. The van der Waals surface area contributed by atoms with E-state index in [2.05, 4.69) is 33.3 Å². The van der Waals surface area contributed by atoms with E-state index >= 15 is 0 Å². The van der Waals surface area contributed by atoms with Crippen molar-refractivity contribution in [2.24, 2.45) is 7.05 Å². The normalized spacial score (nSPS) is 17.6. The fourth-order valence-electron chi connectivity index (χ4n) is 3.05. The summed E-state index contributed by atoms with van der Waals surface area (Å²) in [6.45, 7) is 0.820. The summed E-state index contributed by atoms with van der Waals surface area (Å²) < 4.78 is 2.01. The summed E-state index contributed by atoms with van der Waals surface area (Å²) in [7, 11) is 2.04. The zero-order valence-electron chi connectivity index (χ0n) is 12.5. The third-order valence-electron chi connectivity index (χ3n) is 4.19. The van der Waals surface area contributed by atoms with Crippen LogP contribution >= 0.6 is 22.7 Å². The maximum absolute atomic E-state index is 4.74. The predicted molar refractivity (Wildman–Crippen MR) is 91.2 cm³/mol. The first kappa shape index (κ1) is 14.1.